The Bertz CT molecular complexity index is 416. The van der Waals surface area contributed by atoms with Gasteiger partial charge in [-0.1, -0.05) is 18.2 Å². The molecule has 4 heteroatoms. The van der Waals surface area contributed by atoms with Gasteiger partial charge in [0.15, 0.2) is 0 Å². The van der Waals surface area contributed by atoms with E-state index in [2.05, 4.69) is 0 Å². The zero-order chi connectivity index (χ0) is 13.0. The summed E-state index contributed by atoms with van der Waals surface area (Å²) in [5.74, 6) is 0.981. The molecule has 0 aliphatic heterocycles. The lowest BCUT2D eigenvalue weighted by Gasteiger charge is -2.23. The Morgan fingerprint density at radius 2 is 2.17 bits per heavy atom. The molecular formula is C14H20N2O2. The van der Waals surface area contributed by atoms with Crippen LogP contribution in [-0.2, 0) is 11.3 Å². The predicted molar refractivity (Wildman–Crippen MR) is 70.2 cm³/mol. The summed E-state index contributed by atoms with van der Waals surface area (Å²) in [5, 5.41) is 0. The van der Waals surface area contributed by atoms with Crippen LogP contribution in [-0.4, -0.2) is 30.5 Å². The second-order valence-corrected chi connectivity index (χ2v) is 4.60. The molecule has 0 saturated heterocycles. The SMILES string of the molecule is COc1ccccc1CN(C(=O)CCN)C1CC1. The van der Waals surface area contributed by atoms with Crippen LogP contribution in [0, 0.1) is 0 Å². The van der Waals surface area contributed by atoms with Gasteiger partial charge in [-0.15, -0.1) is 0 Å². The fourth-order valence-electron chi connectivity index (χ4n) is 2.09. The predicted octanol–water partition coefficient (Wildman–Crippen LogP) is 1.53. The van der Waals surface area contributed by atoms with Crippen molar-refractivity contribution < 1.29 is 9.53 Å². The van der Waals surface area contributed by atoms with Crippen molar-refractivity contribution >= 4 is 5.91 Å². The van der Waals surface area contributed by atoms with Gasteiger partial charge in [-0.3, -0.25) is 4.79 Å². The third-order valence-corrected chi connectivity index (χ3v) is 3.20. The van der Waals surface area contributed by atoms with Gasteiger partial charge in [0.05, 0.1) is 7.11 Å². The van der Waals surface area contributed by atoms with E-state index in [0.717, 1.165) is 24.2 Å². The van der Waals surface area contributed by atoms with Crippen molar-refractivity contribution in [1.29, 1.82) is 0 Å². The molecule has 0 atom stereocenters. The van der Waals surface area contributed by atoms with Crippen LogP contribution < -0.4 is 10.5 Å². The van der Waals surface area contributed by atoms with Gasteiger partial charge in [0.2, 0.25) is 5.91 Å². The Morgan fingerprint density at radius 1 is 1.44 bits per heavy atom. The molecule has 0 radical (unpaired) electrons. The van der Waals surface area contributed by atoms with Crippen LogP contribution in [0.5, 0.6) is 5.75 Å². The number of hydrogen-bond acceptors (Lipinski definition) is 3. The summed E-state index contributed by atoms with van der Waals surface area (Å²) in [5.41, 5.74) is 6.52. The molecule has 1 amide bonds. The molecule has 2 N–H and O–H groups in total. The summed E-state index contributed by atoms with van der Waals surface area (Å²) < 4.78 is 5.32. The molecule has 18 heavy (non-hydrogen) atoms. The van der Waals surface area contributed by atoms with E-state index in [1.807, 2.05) is 29.2 Å². The van der Waals surface area contributed by atoms with Gasteiger partial charge in [-0.05, 0) is 18.9 Å². The lowest BCUT2D eigenvalue weighted by Crippen LogP contribution is -2.33. The van der Waals surface area contributed by atoms with E-state index in [-0.39, 0.29) is 5.91 Å². The molecule has 0 heterocycles. The zero-order valence-corrected chi connectivity index (χ0v) is 10.8. The molecule has 98 valence electrons. The van der Waals surface area contributed by atoms with Gasteiger partial charge >= 0.3 is 0 Å². The normalized spacial score (nSPS) is 14.3. The number of methoxy groups -OCH3 is 1. The summed E-state index contributed by atoms with van der Waals surface area (Å²) in [6.45, 7) is 1.03. The van der Waals surface area contributed by atoms with Crippen LogP contribution in [0.25, 0.3) is 0 Å². The van der Waals surface area contributed by atoms with E-state index < -0.39 is 0 Å². The van der Waals surface area contributed by atoms with Crippen molar-refractivity contribution in [3.8, 4) is 5.75 Å². The maximum absolute atomic E-state index is 12.0. The number of amides is 1. The minimum atomic E-state index is 0.144. The zero-order valence-electron chi connectivity index (χ0n) is 10.8. The average Bonchev–Trinajstić information content (AvgIpc) is 3.21. The van der Waals surface area contributed by atoms with Gasteiger partial charge in [0.25, 0.3) is 0 Å². The van der Waals surface area contributed by atoms with E-state index in [1.54, 1.807) is 7.11 Å². The number of rotatable bonds is 6. The Balaban J connectivity index is 2.10. The number of nitrogens with two attached hydrogens (primary N) is 1. The van der Waals surface area contributed by atoms with Gasteiger partial charge in [-0.2, -0.15) is 0 Å². The number of para-hydroxylation sites is 1. The molecule has 1 aromatic carbocycles. The monoisotopic (exact) mass is 248 g/mol. The van der Waals surface area contributed by atoms with Crippen molar-refractivity contribution in [3.05, 3.63) is 29.8 Å². The first-order valence-corrected chi connectivity index (χ1v) is 6.37. The minimum absolute atomic E-state index is 0.144. The topological polar surface area (TPSA) is 55.6 Å². The van der Waals surface area contributed by atoms with E-state index in [4.69, 9.17) is 10.5 Å². The van der Waals surface area contributed by atoms with Gasteiger partial charge < -0.3 is 15.4 Å². The molecule has 0 unspecified atom stereocenters. The molecule has 0 aromatic heterocycles. The van der Waals surface area contributed by atoms with E-state index in [0.29, 0.717) is 25.6 Å². The van der Waals surface area contributed by atoms with Crippen molar-refractivity contribution in [2.24, 2.45) is 5.73 Å². The van der Waals surface area contributed by atoms with Crippen LogP contribution >= 0.6 is 0 Å². The lowest BCUT2D eigenvalue weighted by molar-refractivity contribution is -0.132. The first kappa shape index (κ1) is 12.9. The van der Waals surface area contributed by atoms with Crippen molar-refractivity contribution in [3.63, 3.8) is 0 Å². The number of ether oxygens (including phenoxy) is 1. The van der Waals surface area contributed by atoms with E-state index >= 15 is 0 Å². The van der Waals surface area contributed by atoms with Crippen LogP contribution in [0.1, 0.15) is 24.8 Å². The highest BCUT2D eigenvalue weighted by Crippen LogP contribution is 2.30. The largest absolute Gasteiger partial charge is 0.496 e. The van der Waals surface area contributed by atoms with Crippen molar-refractivity contribution in [2.75, 3.05) is 13.7 Å². The van der Waals surface area contributed by atoms with E-state index in [1.165, 1.54) is 0 Å². The number of hydrogen-bond donors (Lipinski definition) is 1. The van der Waals surface area contributed by atoms with Gasteiger partial charge in [-0.25, -0.2) is 0 Å². The maximum atomic E-state index is 12.0. The molecule has 1 aromatic rings. The number of carbonyl (C=O) groups excluding carboxylic acids is 1. The Morgan fingerprint density at radius 3 is 2.78 bits per heavy atom. The second-order valence-electron chi connectivity index (χ2n) is 4.60. The minimum Gasteiger partial charge on any atom is -0.496 e. The molecule has 1 aliphatic rings. The number of nitrogens with zero attached hydrogens (tertiary/aromatic N) is 1. The summed E-state index contributed by atoms with van der Waals surface area (Å²) in [4.78, 5) is 14.0. The third kappa shape index (κ3) is 3.01. The summed E-state index contributed by atoms with van der Waals surface area (Å²) >= 11 is 0. The van der Waals surface area contributed by atoms with Crippen LogP contribution in [0.15, 0.2) is 24.3 Å². The summed E-state index contributed by atoms with van der Waals surface area (Å²) in [6, 6.07) is 8.23. The highest BCUT2D eigenvalue weighted by atomic mass is 16.5. The molecule has 2 rings (SSSR count). The average molecular weight is 248 g/mol. The standard InChI is InChI=1S/C14H20N2O2/c1-18-13-5-3-2-4-11(13)10-16(12-6-7-12)14(17)8-9-15/h2-5,12H,6-10,15H2,1H3. The number of benzene rings is 1. The molecule has 1 aliphatic carbocycles. The highest BCUT2D eigenvalue weighted by molar-refractivity contribution is 5.77. The quantitative estimate of drug-likeness (QED) is 0.830. The first-order chi connectivity index (χ1) is 8.76. The Labute approximate surface area is 108 Å². The highest BCUT2D eigenvalue weighted by Gasteiger charge is 2.32. The maximum Gasteiger partial charge on any atom is 0.224 e. The van der Waals surface area contributed by atoms with Gasteiger partial charge in [0.1, 0.15) is 5.75 Å². The second kappa shape index (κ2) is 5.87. The van der Waals surface area contributed by atoms with Crippen molar-refractivity contribution in [1.82, 2.24) is 4.90 Å². The van der Waals surface area contributed by atoms with Gasteiger partial charge in [0, 0.05) is 31.1 Å². The molecular weight excluding hydrogens is 228 g/mol. The van der Waals surface area contributed by atoms with Crippen LogP contribution in [0.2, 0.25) is 0 Å². The molecule has 0 spiro atoms. The Kier molecular flexibility index (Phi) is 4.20. The first-order valence-electron chi connectivity index (χ1n) is 6.37. The summed E-state index contributed by atoms with van der Waals surface area (Å²) in [7, 11) is 1.65. The van der Waals surface area contributed by atoms with E-state index in [9.17, 15) is 4.79 Å². The molecule has 1 saturated carbocycles. The molecule has 1 fully saturated rings. The smallest absolute Gasteiger partial charge is 0.224 e. The summed E-state index contributed by atoms with van der Waals surface area (Å²) in [6.07, 6.45) is 2.63. The Hall–Kier alpha value is -1.55. The number of carbonyl (C=O) groups is 1. The molecule has 0 bridgehead atoms. The third-order valence-electron chi connectivity index (χ3n) is 3.20. The van der Waals surface area contributed by atoms with Crippen molar-refractivity contribution in [2.45, 2.75) is 31.8 Å². The van der Waals surface area contributed by atoms with Crippen LogP contribution in [0.3, 0.4) is 0 Å². The fraction of sp³-hybridized carbons (Fsp3) is 0.500. The van der Waals surface area contributed by atoms with Crippen LogP contribution in [0.4, 0.5) is 0 Å². The lowest BCUT2D eigenvalue weighted by atomic mass is 10.1. The molecule has 4 nitrogen and oxygen atoms in total. The fourth-order valence-corrected chi connectivity index (χ4v) is 2.09.